The Morgan fingerprint density at radius 2 is 1.81 bits per heavy atom. The Hall–Kier alpha value is -1.14. The van der Waals surface area contributed by atoms with Crippen LogP contribution in [0.15, 0.2) is 11.1 Å². The minimum atomic E-state index is 0.0306. The van der Waals surface area contributed by atoms with E-state index in [4.69, 9.17) is 0 Å². The zero-order valence-electron chi connectivity index (χ0n) is 20.8. The zero-order valence-corrected chi connectivity index (χ0v) is 20.8. The van der Waals surface area contributed by atoms with Crippen LogP contribution in [-0.4, -0.2) is 23.6 Å². The summed E-state index contributed by atoms with van der Waals surface area (Å²) in [5, 5.41) is 9.40. The molecule has 2 unspecified atom stereocenters. The van der Waals surface area contributed by atoms with E-state index in [2.05, 4.69) is 32.7 Å². The van der Waals surface area contributed by atoms with Crippen molar-refractivity contribution in [1.82, 2.24) is 0 Å². The lowest BCUT2D eigenvalue weighted by molar-refractivity contribution is -0.113. The van der Waals surface area contributed by atoms with Gasteiger partial charge in [0.25, 0.3) is 0 Å². The minimum Gasteiger partial charge on any atom is -0.396 e. The molecule has 178 valence electrons. The molecule has 0 amide bonds. The second-order valence-corrected chi connectivity index (χ2v) is 12.5. The summed E-state index contributed by atoms with van der Waals surface area (Å²) in [5.74, 6) is 7.92. The van der Waals surface area contributed by atoms with Crippen molar-refractivity contribution in [1.29, 1.82) is 0 Å². The first-order valence-corrected chi connectivity index (χ1v) is 13.4. The maximum Gasteiger partial charge on any atom is 0.123 e. The first-order chi connectivity index (χ1) is 15.3. The van der Waals surface area contributed by atoms with Gasteiger partial charge in [-0.2, -0.15) is 0 Å². The zero-order chi connectivity index (χ0) is 23.1. The molecule has 4 fully saturated rings. The first kappa shape index (κ1) is 24.0. The highest BCUT2D eigenvalue weighted by atomic mass is 16.3. The van der Waals surface area contributed by atoms with E-state index >= 15 is 0 Å². The van der Waals surface area contributed by atoms with Gasteiger partial charge in [0.05, 0.1) is 0 Å². The number of aliphatic hydroxyl groups is 1. The fraction of sp³-hybridized carbons (Fsp3) is 0.862. The molecule has 0 saturated heterocycles. The number of hydrogen-bond donors (Lipinski definition) is 1. The summed E-state index contributed by atoms with van der Waals surface area (Å²) in [6.45, 7) is 9.32. The van der Waals surface area contributed by atoms with Crippen LogP contribution in [-0.2, 0) is 9.59 Å². The Balaban J connectivity index is 1.60. The molecular weight excluding hydrogens is 396 g/mol. The van der Waals surface area contributed by atoms with E-state index < -0.39 is 0 Å². The molecule has 0 aromatic carbocycles. The molecule has 0 spiro atoms. The van der Waals surface area contributed by atoms with Crippen molar-refractivity contribution >= 4 is 11.9 Å². The molecule has 4 saturated carbocycles. The van der Waals surface area contributed by atoms with Crippen molar-refractivity contribution < 1.29 is 14.7 Å². The number of carbonyl (C=O) groups excluding carboxylic acids is 2. The third-order valence-corrected chi connectivity index (χ3v) is 11.1. The van der Waals surface area contributed by atoms with E-state index in [9.17, 15) is 14.7 Å². The lowest BCUT2D eigenvalue weighted by Crippen LogP contribution is -2.53. The molecule has 3 heteroatoms. The number of aliphatic hydroxyl groups excluding tert-OH is 1. The Kier molecular flexibility index (Phi) is 6.94. The molecule has 4 rings (SSSR count). The Bertz CT molecular complexity index is 803. The van der Waals surface area contributed by atoms with Crippen LogP contribution in [0.4, 0.5) is 0 Å². The summed E-state index contributed by atoms with van der Waals surface area (Å²) < 4.78 is 0. The molecule has 0 aromatic rings. The molecule has 4 aliphatic carbocycles. The summed E-state index contributed by atoms with van der Waals surface area (Å²) in [5.41, 5.74) is 2.31. The normalized spacial score (nSPS) is 42.7. The van der Waals surface area contributed by atoms with E-state index in [0.717, 1.165) is 35.8 Å². The van der Waals surface area contributed by atoms with E-state index in [-0.39, 0.29) is 29.8 Å². The minimum absolute atomic E-state index is 0.0306. The van der Waals surface area contributed by atoms with Crippen molar-refractivity contribution in [2.45, 2.75) is 98.3 Å². The van der Waals surface area contributed by atoms with E-state index in [1.807, 2.05) is 6.92 Å². The third-order valence-electron chi connectivity index (χ3n) is 11.1. The van der Waals surface area contributed by atoms with Crippen molar-refractivity contribution in [2.75, 3.05) is 6.61 Å². The van der Waals surface area contributed by atoms with Crippen LogP contribution in [0.1, 0.15) is 98.3 Å². The quantitative estimate of drug-likeness (QED) is 0.500. The molecule has 0 heterocycles. The topological polar surface area (TPSA) is 54.4 Å². The highest BCUT2D eigenvalue weighted by Gasteiger charge is 2.62. The van der Waals surface area contributed by atoms with Gasteiger partial charge >= 0.3 is 0 Å². The van der Waals surface area contributed by atoms with Crippen LogP contribution in [0.25, 0.3) is 0 Å². The predicted octanol–water partition coefficient (Wildman–Crippen LogP) is 6.21. The standard InChI is InChI=1S/C29H44O3/c1-19(16-30)8-9-21(17-31)20(2)27-22(18-32)15-26-24-11-10-23-7-5-6-13-28(23,3)25(24)12-14-29(26,27)4/h19-20,23-27,30H,5-16H2,1-4H3/t19?,20-,23?,24-,25+,26+,27+,28+,29+/m1/s1. The SMILES string of the molecule is CC(CO)CCC(=C=O)[C@@H](C)[C@H]1C(=C=O)C[C@H]2[C@@H]3CCC4CCCC[C@]4(C)[C@H]3CC[C@]12C. The number of hydrogen-bond acceptors (Lipinski definition) is 3. The van der Waals surface area contributed by atoms with Gasteiger partial charge in [0, 0.05) is 23.7 Å². The van der Waals surface area contributed by atoms with Gasteiger partial charge in [0.2, 0.25) is 0 Å². The predicted molar refractivity (Wildman–Crippen MR) is 128 cm³/mol. The summed E-state index contributed by atoms with van der Waals surface area (Å²) >= 11 is 0. The summed E-state index contributed by atoms with van der Waals surface area (Å²) in [4.78, 5) is 24.1. The molecule has 0 aliphatic heterocycles. The lowest BCUT2D eigenvalue weighted by atomic mass is 9.44. The van der Waals surface area contributed by atoms with Gasteiger partial charge < -0.3 is 5.11 Å². The highest BCUT2D eigenvalue weighted by Crippen LogP contribution is 2.69. The Labute approximate surface area is 195 Å². The van der Waals surface area contributed by atoms with Crippen LogP contribution < -0.4 is 0 Å². The molecule has 1 N–H and O–H groups in total. The summed E-state index contributed by atoms with van der Waals surface area (Å²) in [6, 6.07) is 0. The Morgan fingerprint density at radius 3 is 2.50 bits per heavy atom. The van der Waals surface area contributed by atoms with Gasteiger partial charge in [-0.1, -0.05) is 40.5 Å². The smallest absolute Gasteiger partial charge is 0.123 e. The molecule has 0 radical (unpaired) electrons. The van der Waals surface area contributed by atoms with Crippen LogP contribution in [0.3, 0.4) is 0 Å². The molecule has 9 atom stereocenters. The maximum atomic E-state index is 12.2. The summed E-state index contributed by atoms with van der Waals surface area (Å²) in [7, 11) is 0. The van der Waals surface area contributed by atoms with Crippen molar-refractivity contribution in [2.24, 2.45) is 52.3 Å². The monoisotopic (exact) mass is 440 g/mol. The largest absolute Gasteiger partial charge is 0.396 e. The van der Waals surface area contributed by atoms with Gasteiger partial charge in [0.1, 0.15) is 11.9 Å². The third kappa shape index (κ3) is 3.79. The maximum absolute atomic E-state index is 12.2. The Morgan fingerprint density at radius 1 is 1.03 bits per heavy atom. The molecular formula is C29H44O3. The molecule has 4 aliphatic rings. The van der Waals surface area contributed by atoms with Gasteiger partial charge in [0.15, 0.2) is 0 Å². The molecule has 32 heavy (non-hydrogen) atoms. The fourth-order valence-corrected chi connectivity index (χ4v) is 9.22. The van der Waals surface area contributed by atoms with E-state index in [0.29, 0.717) is 23.7 Å². The summed E-state index contributed by atoms with van der Waals surface area (Å²) in [6.07, 6.45) is 13.1. The van der Waals surface area contributed by atoms with Crippen LogP contribution in [0, 0.1) is 52.3 Å². The van der Waals surface area contributed by atoms with Crippen molar-refractivity contribution in [3.63, 3.8) is 0 Å². The second-order valence-electron chi connectivity index (χ2n) is 12.5. The lowest BCUT2D eigenvalue weighted by Gasteiger charge is -2.60. The second kappa shape index (κ2) is 9.25. The van der Waals surface area contributed by atoms with Crippen molar-refractivity contribution in [3.05, 3.63) is 11.1 Å². The van der Waals surface area contributed by atoms with Gasteiger partial charge in [-0.05, 0) is 104 Å². The number of rotatable bonds is 6. The van der Waals surface area contributed by atoms with Gasteiger partial charge in [-0.15, -0.1) is 0 Å². The van der Waals surface area contributed by atoms with Crippen LogP contribution in [0.5, 0.6) is 0 Å². The average molecular weight is 441 g/mol. The van der Waals surface area contributed by atoms with Gasteiger partial charge in [-0.25, -0.2) is 9.59 Å². The highest BCUT2D eigenvalue weighted by molar-refractivity contribution is 5.59. The number of allylic oxidation sites excluding steroid dienone is 2. The van der Waals surface area contributed by atoms with Gasteiger partial charge in [-0.3, -0.25) is 0 Å². The van der Waals surface area contributed by atoms with Crippen LogP contribution >= 0.6 is 0 Å². The molecule has 0 bridgehead atoms. The molecule has 3 nitrogen and oxygen atoms in total. The van der Waals surface area contributed by atoms with E-state index in [1.165, 1.54) is 51.4 Å². The first-order valence-electron chi connectivity index (χ1n) is 13.4. The van der Waals surface area contributed by atoms with E-state index in [1.54, 1.807) is 0 Å². The average Bonchev–Trinajstić information content (AvgIpc) is 3.11. The fourth-order valence-electron chi connectivity index (χ4n) is 9.22. The van der Waals surface area contributed by atoms with Crippen molar-refractivity contribution in [3.8, 4) is 0 Å². The number of fused-ring (bicyclic) bond motifs is 5. The van der Waals surface area contributed by atoms with Crippen LogP contribution in [0.2, 0.25) is 0 Å². The molecule has 0 aromatic heterocycles.